The minimum atomic E-state index is -2.35. The second kappa shape index (κ2) is 16.1. The number of aromatic nitrogens is 3. The summed E-state index contributed by atoms with van der Waals surface area (Å²) < 4.78 is 50.5. The van der Waals surface area contributed by atoms with Crippen LogP contribution in [0.2, 0.25) is 0 Å². The van der Waals surface area contributed by atoms with Gasteiger partial charge in [-0.1, -0.05) is 164 Å². The van der Waals surface area contributed by atoms with Crippen molar-refractivity contribution in [3.05, 3.63) is 193 Å². The van der Waals surface area contributed by atoms with Crippen LogP contribution in [-0.2, 0) is 26.5 Å². The first-order valence-corrected chi connectivity index (χ1v) is 19.3. The van der Waals surface area contributed by atoms with Gasteiger partial charge in [0.25, 0.3) is 0 Å². The third-order valence-corrected chi connectivity index (χ3v) is 10.6. The number of aromatic hydroxyl groups is 1. The van der Waals surface area contributed by atoms with Crippen LogP contribution in [0.15, 0.2) is 170 Å². The summed E-state index contributed by atoms with van der Waals surface area (Å²) in [7, 11) is 0. The van der Waals surface area contributed by atoms with Crippen LogP contribution in [0.25, 0.3) is 83.9 Å². The van der Waals surface area contributed by atoms with Gasteiger partial charge in [-0.05, 0) is 83.3 Å². The number of aryl methyl sites for hydroxylation is 2. The topological polar surface area (TPSA) is 50.9 Å². The van der Waals surface area contributed by atoms with Gasteiger partial charge in [-0.25, -0.2) is 4.98 Å². The number of imidazole rings is 1. The number of benzene rings is 7. The predicted molar refractivity (Wildman–Crippen MR) is 240 cm³/mol. The van der Waals surface area contributed by atoms with E-state index in [1.54, 1.807) is 42.6 Å². The van der Waals surface area contributed by atoms with E-state index >= 15 is 0 Å². The predicted octanol–water partition coefficient (Wildman–Crippen LogP) is 13.8. The molecule has 2 heterocycles. The molecule has 0 amide bonds. The van der Waals surface area contributed by atoms with Crippen molar-refractivity contribution in [2.75, 3.05) is 0 Å². The van der Waals surface area contributed by atoms with Crippen molar-refractivity contribution in [1.82, 2.24) is 14.5 Å². The van der Waals surface area contributed by atoms with Crippen LogP contribution in [0.3, 0.4) is 0 Å². The molecule has 0 aliphatic carbocycles. The van der Waals surface area contributed by atoms with E-state index in [4.69, 9.17) is 18.2 Å². The van der Waals surface area contributed by atoms with E-state index in [9.17, 15) is 5.11 Å². The maximum Gasteiger partial charge on any atom is 0.148 e. The first-order chi connectivity index (χ1) is 30.5. The van der Waals surface area contributed by atoms with Gasteiger partial charge in [-0.15, -0.1) is 23.8 Å². The van der Waals surface area contributed by atoms with Crippen LogP contribution >= 0.6 is 0 Å². The molecule has 7 aromatic carbocycles. The van der Waals surface area contributed by atoms with Crippen molar-refractivity contribution in [3.63, 3.8) is 0 Å². The van der Waals surface area contributed by atoms with Gasteiger partial charge < -0.3 is 5.11 Å². The summed E-state index contributed by atoms with van der Waals surface area (Å²) in [5, 5.41) is 11.4. The van der Waals surface area contributed by atoms with Gasteiger partial charge in [0.05, 0.1) is 22.3 Å². The van der Waals surface area contributed by atoms with Gasteiger partial charge in [0, 0.05) is 46.7 Å². The fourth-order valence-electron chi connectivity index (χ4n) is 7.59. The summed E-state index contributed by atoms with van der Waals surface area (Å²) in [5.74, 6) is 0.530. The van der Waals surface area contributed by atoms with E-state index < -0.39 is 13.7 Å². The summed E-state index contributed by atoms with van der Waals surface area (Å²) in [6.07, 6.45) is 1.75. The Morgan fingerprint density at radius 2 is 1.25 bits per heavy atom. The van der Waals surface area contributed by atoms with Crippen LogP contribution in [0.4, 0.5) is 0 Å². The monoisotopic (exact) mass is 951 g/mol. The maximum atomic E-state index is 11.4. The zero-order chi connectivity index (χ0) is 45.0. The molecule has 0 aliphatic rings. The SMILES string of the molecule is [2H]C([2H])([2H])c1ccc(-c2ccnc(-c3[c-]c(-c4cccc5c4nc(-c4ccccc4O)n5-c4ccc(C([2H])([2H])[2H])cc4-c4ccc(C(C)(C)C)cc4)cc(-c4ccccc4)c3)c2)cc1.[Pt]. The van der Waals surface area contributed by atoms with E-state index in [1.165, 1.54) is 0 Å². The third kappa shape index (κ3) is 7.81. The molecule has 0 radical (unpaired) electrons. The molecule has 59 heavy (non-hydrogen) atoms. The number of nitrogens with zero attached hydrogens (tertiary/aromatic N) is 3. The van der Waals surface area contributed by atoms with Gasteiger partial charge in [-0.2, -0.15) is 0 Å². The van der Waals surface area contributed by atoms with Crippen LogP contribution in [-0.4, -0.2) is 19.6 Å². The Bertz CT molecular complexity index is 3170. The summed E-state index contributed by atoms with van der Waals surface area (Å²) in [6, 6.07) is 55.3. The fraction of sp³-hybridized carbons (Fsp3) is 0.111. The third-order valence-electron chi connectivity index (χ3n) is 10.6. The number of phenols is 1. The Balaban J connectivity index is 0.00000576. The Morgan fingerprint density at radius 3 is 2.00 bits per heavy atom. The van der Waals surface area contributed by atoms with Gasteiger partial charge in [0.2, 0.25) is 0 Å². The zero-order valence-electron chi connectivity index (χ0n) is 38.8. The summed E-state index contributed by atoms with van der Waals surface area (Å²) >= 11 is 0. The van der Waals surface area contributed by atoms with E-state index in [1.807, 2.05) is 95.6 Å². The molecule has 1 N–H and O–H groups in total. The Kier molecular flexibility index (Phi) is 8.91. The fourth-order valence-corrected chi connectivity index (χ4v) is 7.59. The normalized spacial score (nSPS) is 13.3. The molecule has 292 valence electrons. The average Bonchev–Trinajstić information content (AvgIpc) is 3.68. The molecule has 2 aromatic heterocycles. The van der Waals surface area contributed by atoms with E-state index in [0.29, 0.717) is 33.8 Å². The number of hydrogen-bond donors (Lipinski definition) is 1. The van der Waals surface area contributed by atoms with E-state index in [-0.39, 0.29) is 43.4 Å². The van der Waals surface area contributed by atoms with Crippen molar-refractivity contribution in [1.29, 1.82) is 0 Å². The minimum Gasteiger partial charge on any atom is -0.507 e. The van der Waals surface area contributed by atoms with Crippen molar-refractivity contribution in [2.24, 2.45) is 0 Å². The standard InChI is InChI=1S/C54H44N3O.Pt/c1-35-18-21-38(22-19-35)40-28-29-55-48(34-40)43-32-41(37-12-7-6-8-13-37)31-42(33-43)45-15-11-16-50-52(45)56-53(46-14-9-10-17-51(46)58)57(50)49-27-20-36(2)30-47(49)39-23-25-44(26-24-39)54(3,4)5;/h6-32,34,58H,1-5H3;/q-1;/i1D3,2D3;. The van der Waals surface area contributed by atoms with E-state index in [0.717, 1.165) is 55.6 Å². The van der Waals surface area contributed by atoms with Crippen molar-refractivity contribution in [3.8, 4) is 78.6 Å². The van der Waals surface area contributed by atoms with Gasteiger partial charge in [0.15, 0.2) is 0 Å². The van der Waals surface area contributed by atoms with Crippen molar-refractivity contribution in [2.45, 2.75) is 39.9 Å². The molecule has 0 saturated heterocycles. The largest absolute Gasteiger partial charge is 0.507 e. The second-order valence-corrected chi connectivity index (χ2v) is 15.6. The summed E-state index contributed by atoms with van der Waals surface area (Å²) in [5.41, 5.74) is 12.4. The molecule has 9 aromatic rings. The number of hydrogen-bond acceptors (Lipinski definition) is 3. The molecule has 5 heteroatoms. The molecule has 0 fully saturated rings. The molecule has 0 saturated carbocycles. The molecular weight excluding hydrogens is 902 g/mol. The van der Waals surface area contributed by atoms with Crippen molar-refractivity contribution < 1.29 is 34.4 Å². The Labute approximate surface area is 369 Å². The van der Waals surface area contributed by atoms with Crippen LogP contribution in [0.1, 0.15) is 45.7 Å². The first-order valence-electron chi connectivity index (χ1n) is 22.3. The first kappa shape index (κ1) is 32.6. The number of pyridine rings is 1. The summed E-state index contributed by atoms with van der Waals surface area (Å²) in [6.45, 7) is 1.93. The smallest absolute Gasteiger partial charge is 0.148 e. The van der Waals surface area contributed by atoms with E-state index in [2.05, 4.69) is 63.2 Å². The van der Waals surface area contributed by atoms with Crippen LogP contribution in [0.5, 0.6) is 5.75 Å². The summed E-state index contributed by atoms with van der Waals surface area (Å²) in [4.78, 5) is 10.2. The molecule has 0 unspecified atom stereocenters. The quantitative estimate of drug-likeness (QED) is 0.162. The van der Waals surface area contributed by atoms with Crippen molar-refractivity contribution >= 4 is 11.0 Å². The molecule has 0 spiro atoms. The molecular formula is C54H44N3OPt-. The average molecular weight is 952 g/mol. The van der Waals surface area contributed by atoms with Crippen LogP contribution in [0, 0.1) is 19.8 Å². The Hall–Kier alpha value is -6.35. The second-order valence-electron chi connectivity index (χ2n) is 15.6. The number of para-hydroxylation sites is 2. The van der Waals surface area contributed by atoms with Gasteiger partial charge in [-0.3, -0.25) is 9.55 Å². The van der Waals surface area contributed by atoms with Crippen LogP contribution < -0.4 is 0 Å². The molecule has 9 rings (SSSR count). The Morgan fingerprint density at radius 1 is 0.576 bits per heavy atom. The molecule has 0 bridgehead atoms. The van der Waals surface area contributed by atoms with Gasteiger partial charge >= 0.3 is 0 Å². The number of rotatable bonds is 7. The molecule has 4 nitrogen and oxygen atoms in total. The minimum absolute atomic E-state index is 0. The number of fused-ring (bicyclic) bond motifs is 1. The molecule has 0 atom stereocenters. The zero-order valence-corrected chi connectivity index (χ0v) is 35.0. The number of phenolic OH excluding ortho intramolecular Hbond substituents is 1. The maximum absolute atomic E-state index is 11.4. The molecule has 0 aliphatic heterocycles. The van der Waals surface area contributed by atoms with Gasteiger partial charge in [0.1, 0.15) is 11.6 Å².